The number of amides is 2. The zero-order valence-corrected chi connectivity index (χ0v) is 19.3. The Labute approximate surface area is 190 Å². The van der Waals surface area contributed by atoms with E-state index in [2.05, 4.69) is 55.8 Å². The summed E-state index contributed by atoms with van der Waals surface area (Å²) in [6, 6.07) is 10.7. The number of nitrogens with one attached hydrogen (secondary N) is 2. The molecule has 1 aromatic heterocycles. The second-order valence-corrected chi connectivity index (χ2v) is 8.80. The highest BCUT2D eigenvalue weighted by molar-refractivity contribution is 5.95. The zero-order chi connectivity index (χ0) is 22.6. The van der Waals surface area contributed by atoms with Crippen molar-refractivity contribution in [2.75, 3.05) is 51.1 Å². The number of hydrogen-bond donors (Lipinski definition) is 2. The predicted molar refractivity (Wildman–Crippen MR) is 126 cm³/mol. The normalized spacial score (nSPS) is 25.5. The molecule has 1 aliphatic carbocycles. The number of carbonyl (C=O) groups is 1. The van der Waals surface area contributed by atoms with Gasteiger partial charge in [0.1, 0.15) is 0 Å². The molecule has 0 unspecified atom stereocenters. The first-order chi connectivity index (χ1) is 15.6. The van der Waals surface area contributed by atoms with Gasteiger partial charge in [-0.2, -0.15) is 0 Å². The number of nitrogens with zero attached hydrogens (tertiary/aromatic N) is 4. The maximum absolute atomic E-state index is 13.6. The van der Waals surface area contributed by atoms with E-state index in [1.54, 1.807) is 26.6 Å². The molecule has 2 heterocycles. The second-order valence-electron chi connectivity index (χ2n) is 8.80. The average molecular weight is 439 g/mol. The van der Waals surface area contributed by atoms with Crippen molar-refractivity contribution in [1.29, 1.82) is 0 Å². The maximum atomic E-state index is 13.6. The van der Waals surface area contributed by atoms with Crippen molar-refractivity contribution in [3.8, 4) is 0 Å². The van der Waals surface area contributed by atoms with Crippen molar-refractivity contribution in [2.45, 2.75) is 43.2 Å². The number of ether oxygens (including phenoxy) is 1. The molecule has 1 aliphatic heterocycles. The first-order valence-corrected chi connectivity index (χ1v) is 11.4. The van der Waals surface area contributed by atoms with Crippen LogP contribution < -0.4 is 15.5 Å². The van der Waals surface area contributed by atoms with Crippen molar-refractivity contribution in [2.24, 2.45) is 0 Å². The molecule has 1 spiro atoms. The fourth-order valence-corrected chi connectivity index (χ4v) is 5.30. The lowest BCUT2D eigenvalue weighted by Crippen LogP contribution is -2.55. The summed E-state index contributed by atoms with van der Waals surface area (Å²) < 4.78 is 5.27. The van der Waals surface area contributed by atoms with Gasteiger partial charge in [0.05, 0.1) is 30.2 Å². The van der Waals surface area contributed by atoms with Crippen molar-refractivity contribution < 1.29 is 9.53 Å². The molecule has 4 rings (SSSR count). The van der Waals surface area contributed by atoms with Gasteiger partial charge < -0.3 is 20.3 Å². The van der Waals surface area contributed by atoms with Gasteiger partial charge in [0.15, 0.2) is 0 Å². The third-order valence-corrected chi connectivity index (χ3v) is 7.23. The Morgan fingerprint density at radius 2 is 1.75 bits per heavy atom. The number of rotatable bonds is 8. The highest BCUT2D eigenvalue weighted by Gasteiger charge is 2.53. The minimum atomic E-state index is -0.193. The minimum absolute atomic E-state index is 0.0404. The summed E-state index contributed by atoms with van der Waals surface area (Å²) in [5.41, 5.74) is 1.82. The number of benzene rings is 1. The van der Waals surface area contributed by atoms with Gasteiger partial charge in [-0.25, -0.2) is 14.8 Å². The van der Waals surface area contributed by atoms with E-state index in [4.69, 9.17) is 4.74 Å². The highest BCUT2D eigenvalue weighted by atomic mass is 16.5. The monoisotopic (exact) mass is 438 g/mol. The minimum Gasteiger partial charge on any atom is -0.385 e. The summed E-state index contributed by atoms with van der Waals surface area (Å²) in [7, 11) is 5.54. The molecule has 0 bridgehead atoms. The molecule has 1 aromatic carbocycles. The fourth-order valence-electron chi connectivity index (χ4n) is 5.30. The summed E-state index contributed by atoms with van der Waals surface area (Å²) >= 11 is 0. The molecule has 32 heavy (non-hydrogen) atoms. The molecule has 0 radical (unpaired) electrons. The van der Waals surface area contributed by atoms with Gasteiger partial charge >= 0.3 is 6.03 Å². The summed E-state index contributed by atoms with van der Waals surface area (Å²) in [5, 5.41) is 6.54. The van der Waals surface area contributed by atoms with Crippen molar-refractivity contribution >= 4 is 17.7 Å². The van der Waals surface area contributed by atoms with Gasteiger partial charge in [-0.05, 0) is 44.7 Å². The van der Waals surface area contributed by atoms with E-state index in [1.807, 2.05) is 11.9 Å². The molecule has 2 aliphatic rings. The number of aromatic nitrogens is 2. The van der Waals surface area contributed by atoms with Crippen molar-refractivity contribution in [3.63, 3.8) is 0 Å². The van der Waals surface area contributed by atoms with Gasteiger partial charge in [-0.1, -0.05) is 30.3 Å². The van der Waals surface area contributed by atoms with E-state index in [9.17, 15) is 4.79 Å². The van der Waals surface area contributed by atoms with E-state index >= 15 is 0 Å². The van der Waals surface area contributed by atoms with Crippen LogP contribution in [0.1, 0.15) is 37.7 Å². The lowest BCUT2D eigenvalue weighted by atomic mass is 9.69. The summed E-state index contributed by atoms with van der Waals surface area (Å²) in [6.07, 6.45) is 8.11. The number of carbonyl (C=O) groups excluding carboxylic acids is 1. The van der Waals surface area contributed by atoms with Crippen LogP contribution in [0.15, 0.2) is 42.7 Å². The van der Waals surface area contributed by atoms with Crippen LogP contribution in [0.4, 0.5) is 16.4 Å². The Kier molecular flexibility index (Phi) is 6.62. The summed E-state index contributed by atoms with van der Waals surface area (Å²) in [5.74, 6) is 0.548. The van der Waals surface area contributed by atoms with Crippen LogP contribution >= 0.6 is 0 Å². The number of anilines is 2. The van der Waals surface area contributed by atoms with E-state index in [0.29, 0.717) is 25.6 Å². The number of methoxy groups -OCH3 is 1. The Hall–Kier alpha value is -2.71. The largest absolute Gasteiger partial charge is 0.385 e. The van der Waals surface area contributed by atoms with Gasteiger partial charge in [-0.15, -0.1) is 0 Å². The van der Waals surface area contributed by atoms with Crippen LogP contribution in [0.3, 0.4) is 0 Å². The molecule has 1 saturated heterocycles. The first kappa shape index (κ1) is 22.5. The quantitative estimate of drug-likeness (QED) is 0.616. The Balaban J connectivity index is 1.59. The zero-order valence-electron chi connectivity index (χ0n) is 19.3. The predicted octanol–water partition coefficient (Wildman–Crippen LogP) is 3.22. The Morgan fingerprint density at radius 3 is 2.34 bits per heavy atom. The SMILES string of the molecule is CNc1ncc(N2CC3(CCC(NC)(c4ccccc4)CC3)N(CCCOC)C2=O)cn1. The maximum Gasteiger partial charge on any atom is 0.325 e. The molecule has 1 saturated carbocycles. The molecular weight excluding hydrogens is 404 g/mol. The molecule has 2 aromatic rings. The fraction of sp³-hybridized carbons (Fsp3) is 0.542. The average Bonchev–Trinajstić information content (AvgIpc) is 3.12. The summed E-state index contributed by atoms with van der Waals surface area (Å²) in [4.78, 5) is 26.1. The van der Waals surface area contributed by atoms with E-state index < -0.39 is 0 Å². The lowest BCUT2D eigenvalue weighted by molar-refractivity contribution is 0.0722. The topological polar surface area (TPSA) is 82.6 Å². The van der Waals surface area contributed by atoms with Crippen LogP contribution in [0.5, 0.6) is 0 Å². The molecule has 2 amide bonds. The smallest absolute Gasteiger partial charge is 0.325 e. The molecule has 0 atom stereocenters. The first-order valence-electron chi connectivity index (χ1n) is 11.4. The summed E-state index contributed by atoms with van der Waals surface area (Å²) in [6.45, 7) is 2.00. The number of urea groups is 1. The van der Waals surface area contributed by atoms with Crippen LogP contribution in [-0.4, -0.2) is 67.3 Å². The van der Waals surface area contributed by atoms with Crippen LogP contribution in [0.25, 0.3) is 0 Å². The van der Waals surface area contributed by atoms with Gasteiger partial charge in [-0.3, -0.25) is 4.90 Å². The molecule has 8 nitrogen and oxygen atoms in total. The second kappa shape index (κ2) is 9.42. The third-order valence-electron chi connectivity index (χ3n) is 7.23. The van der Waals surface area contributed by atoms with Crippen molar-refractivity contribution in [3.05, 3.63) is 48.3 Å². The molecular formula is C24H34N6O2. The van der Waals surface area contributed by atoms with Gasteiger partial charge in [0.2, 0.25) is 5.95 Å². The molecule has 172 valence electrons. The highest BCUT2D eigenvalue weighted by Crippen LogP contribution is 2.47. The van der Waals surface area contributed by atoms with E-state index in [1.165, 1.54) is 5.56 Å². The molecule has 2 fully saturated rings. The molecule has 2 N–H and O–H groups in total. The van der Waals surface area contributed by atoms with Crippen LogP contribution in [0.2, 0.25) is 0 Å². The number of hydrogen-bond acceptors (Lipinski definition) is 6. The van der Waals surface area contributed by atoms with Crippen LogP contribution in [-0.2, 0) is 10.3 Å². The van der Waals surface area contributed by atoms with Gasteiger partial charge in [0.25, 0.3) is 0 Å². The van der Waals surface area contributed by atoms with E-state index in [-0.39, 0.29) is 17.1 Å². The molecule has 8 heteroatoms. The Morgan fingerprint density at radius 1 is 1.06 bits per heavy atom. The Bertz CT molecular complexity index is 896. The van der Waals surface area contributed by atoms with E-state index in [0.717, 1.165) is 37.8 Å². The third kappa shape index (κ3) is 4.04. The standard InChI is InChI=1S/C24H34N6O2/c1-25-21-27-16-20(17-28-21)29-18-23(30(22(29)31)14-7-15-32-3)10-12-24(26-2,13-11-23)19-8-5-4-6-9-19/h4-6,8-9,16-17,26H,7,10-15,18H2,1-3H3,(H,25,27,28). The lowest BCUT2D eigenvalue weighted by Gasteiger charge is -2.48. The van der Waals surface area contributed by atoms with Crippen molar-refractivity contribution in [1.82, 2.24) is 20.2 Å². The van der Waals surface area contributed by atoms with Crippen LogP contribution in [0, 0.1) is 0 Å². The van der Waals surface area contributed by atoms with Gasteiger partial charge in [0, 0.05) is 32.8 Å².